The molecule has 0 amide bonds. The second-order valence-electron chi connectivity index (χ2n) is 8.48. The average Bonchev–Trinajstić information content (AvgIpc) is 3.39. The van der Waals surface area contributed by atoms with Crippen LogP contribution in [0.3, 0.4) is 0 Å². The number of benzene rings is 1. The van der Waals surface area contributed by atoms with E-state index in [9.17, 15) is 12.8 Å². The topological polar surface area (TPSA) is 124 Å². The molecule has 3 aromatic rings. The van der Waals surface area contributed by atoms with Gasteiger partial charge in [-0.15, -0.1) is 10.2 Å². The van der Waals surface area contributed by atoms with E-state index in [0.717, 1.165) is 49.5 Å². The molecule has 0 spiro atoms. The van der Waals surface area contributed by atoms with Crippen molar-refractivity contribution in [3.63, 3.8) is 0 Å². The Balaban J connectivity index is 1.32. The third-order valence-corrected chi connectivity index (χ3v) is 8.09. The van der Waals surface area contributed by atoms with Crippen LogP contribution < -0.4 is 9.80 Å². The second kappa shape index (κ2) is 9.22. The van der Waals surface area contributed by atoms with Gasteiger partial charge in [0.15, 0.2) is 0 Å². The quantitative estimate of drug-likeness (QED) is 0.571. The Labute approximate surface area is 197 Å². The fraction of sp³-hybridized carbons (Fsp3) is 0.476. The van der Waals surface area contributed by atoms with Crippen molar-refractivity contribution in [2.75, 3.05) is 49.1 Å². The summed E-state index contributed by atoms with van der Waals surface area (Å²) in [6.07, 6.45) is 3.51. The molecule has 0 radical (unpaired) electrons. The Hall–Kier alpha value is -3.19. The summed E-state index contributed by atoms with van der Waals surface area (Å²) in [6.45, 7) is 5.44. The van der Waals surface area contributed by atoms with Crippen molar-refractivity contribution in [2.45, 2.75) is 31.1 Å². The van der Waals surface area contributed by atoms with Crippen LogP contribution >= 0.6 is 0 Å². The minimum atomic E-state index is -3.82. The number of piperidine rings is 1. The first kappa shape index (κ1) is 22.6. The van der Waals surface area contributed by atoms with Gasteiger partial charge in [0.2, 0.25) is 21.8 Å². The summed E-state index contributed by atoms with van der Waals surface area (Å²) in [5, 5.41) is 13.2. The smallest absolute Gasteiger partial charge is 0.243 e. The molecule has 2 fully saturated rings. The number of aryl methyl sites for hydroxylation is 1. The summed E-state index contributed by atoms with van der Waals surface area (Å²) in [7, 11) is -3.82. The summed E-state index contributed by atoms with van der Waals surface area (Å²) in [5.74, 6) is 0.938. The number of rotatable bonds is 5. The number of sulfonamides is 1. The molecule has 0 unspecified atom stereocenters. The minimum Gasteiger partial charge on any atom is -0.354 e. The Kier molecular flexibility index (Phi) is 6.13. The number of anilines is 2. The first-order chi connectivity index (χ1) is 16.4. The molecule has 1 aromatic carbocycles. The molecule has 2 saturated heterocycles. The van der Waals surface area contributed by atoms with Gasteiger partial charge in [-0.3, -0.25) is 0 Å². The maximum atomic E-state index is 14.2. The standard InChI is InChI=1S/C21H26FN9O2S/c1-15-13-19(24-21(23-15)30-7-3-2-4-8-30)29-9-11-31(12-10-29)34(32,33)16-5-6-18(22)17(14-16)20-25-27-28-26-20/h5-6,13-14H,2-4,7-12H2,1H3,(H,25,26,27,28). The number of aromatic nitrogens is 6. The SMILES string of the molecule is Cc1cc(N2CCN(S(=O)(=O)c3ccc(F)c(-c4nn[nH]n4)c3)CC2)nc(N2CCCCC2)n1. The Morgan fingerprint density at radius 3 is 2.41 bits per heavy atom. The number of nitrogens with one attached hydrogen (secondary N) is 1. The lowest BCUT2D eigenvalue weighted by atomic mass is 10.1. The van der Waals surface area contributed by atoms with E-state index in [-0.39, 0.29) is 16.3 Å². The molecule has 13 heteroatoms. The zero-order chi connectivity index (χ0) is 23.7. The molecular formula is C21H26FN9O2S. The Bertz CT molecular complexity index is 1260. The van der Waals surface area contributed by atoms with E-state index < -0.39 is 15.8 Å². The summed E-state index contributed by atoms with van der Waals surface area (Å²) < 4.78 is 42.2. The summed E-state index contributed by atoms with van der Waals surface area (Å²) in [5.41, 5.74) is 0.871. The second-order valence-corrected chi connectivity index (χ2v) is 10.4. The normalized spacial score (nSPS) is 17.8. The van der Waals surface area contributed by atoms with Gasteiger partial charge >= 0.3 is 0 Å². The van der Waals surface area contributed by atoms with Crippen molar-refractivity contribution >= 4 is 21.8 Å². The highest BCUT2D eigenvalue weighted by atomic mass is 32.2. The van der Waals surface area contributed by atoms with E-state index >= 15 is 0 Å². The van der Waals surface area contributed by atoms with E-state index in [2.05, 4.69) is 35.4 Å². The first-order valence-corrected chi connectivity index (χ1v) is 12.7. The van der Waals surface area contributed by atoms with E-state index in [0.29, 0.717) is 26.2 Å². The largest absolute Gasteiger partial charge is 0.354 e. The predicted octanol–water partition coefficient (Wildman–Crippen LogP) is 1.61. The van der Waals surface area contributed by atoms with Crippen LogP contribution in [0, 0.1) is 12.7 Å². The fourth-order valence-electron chi connectivity index (χ4n) is 4.35. The number of H-pyrrole nitrogens is 1. The van der Waals surface area contributed by atoms with Crippen LogP contribution in [0.5, 0.6) is 0 Å². The maximum absolute atomic E-state index is 14.2. The van der Waals surface area contributed by atoms with Gasteiger partial charge in [-0.1, -0.05) is 0 Å². The Morgan fingerprint density at radius 2 is 1.71 bits per heavy atom. The molecule has 1 N–H and O–H groups in total. The number of piperazine rings is 1. The Morgan fingerprint density at radius 1 is 0.941 bits per heavy atom. The highest BCUT2D eigenvalue weighted by molar-refractivity contribution is 7.89. The number of nitrogens with zero attached hydrogens (tertiary/aromatic N) is 8. The van der Waals surface area contributed by atoms with E-state index in [4.69, 9.17) is 4.98 Å². The monoisotopic (exact) mass is 487 g/mol. The van der Waals surface area contributed by atoms with Gasteiger partial charge in [0.05, 0.1) is 10.5 Å². The van der Waals surface area contributed by atoms with Crippen molar-refractivity contribution in [1.82, 2.24) is 34.9 Å². The van der Waals surface area contributed by atoms with Crippen molar-refractivity contribution in [3.8, 4) is 11.4 Å². The lowest BCUT2D eigenvalue weighted by molar-refractivity contribution is 0.383. The van der Waals surface area contributed by atoms with Crippen LogP contribution in [0.15, 0.2) is 29.2 Å². The van der Waals surface area contributed by atoms with Crippen LogP contribution in [-0.4, -0.2) is 82.6 Å². The molecule has 0 bridgehead atoms. The lowest BCUT2D eigenvalue weighted by Crippen LogP contribution is -2.49. The molecular weight excluding hydrogens is 461 g/mol. The number of hydrogen-bond acceptors (Lipinski definition) is 9. The van der Waals surface area contributed by atoms with Crippen LogP contribution in [0.1, 0.15) is 25.0 Å². The van der Waals surface area contributed by atoms with Gasteiger partial charge < -0.3 is 9.80 Å². The number of tetrazole rings is 1. The number of hydrogen-bond donors (Lipinski definition) is 1. The molecule has 0 aliphatic carbocycles. The molecule has 4 heterocycles. The van der Waals surface area contributed by atoms with Gasteiger partial charge in [0.25, 0.3) is 0 Å². The molecule has 2 aliphatic heterocycles. The number of aromatic amines is 1. The zero-order valence-electron chi connectivity index (χ0n) is 18.9. The zero-order valence-corrected chi connectivity index (χ0v) is 19.7. The third-order valence-electron chi connectivity index (χ3n) is 6.19. The van der Waals surface area contributed by atoms with Crippen molar-refractivity contribution < 1.29 is 12.8 Å². The third kappa shape index (κ3) is 4.44. The molecule has 34 heavy (non-hydrogen) atoms. The van der Waals surface area contributed by atoms with Crippen LogP contribution in [-0.2, 0) is 10.0 Å². The first-order valence-electron chi connectivity index (χ1n) is 11.3. The van der Waals surface area contributed by atoms with Crippen LogP contribution in [0.4, 0.5) is 16.2 Å². The predicted molar refractivity (Wildman–Crippen MR) is 123 cm³/mol. The van der Waals surface area contributed by atoms with Gasteiger partial charge in [0, 0.05) is 51.0 Å². The molecule has 2 aliphatic rings. The highest BCUT2D eigenvalue weighted by Crippen LogP contribution is 2.26. The number of halogens is 1. The van der Waals surface area contributed by atoms with E-state index in [1.165, 1.54) is 22.9 Å². The van der Waals surface area contributed by atoms with Crippen molar-refractivity contribution in [1.29, 1.82) is 0 Å². The van der Waals surface area contributed by atoms with E-state index in [1.54, 1.807) is 0 Å². The molecule has 0 atom stereocenters. The van der Waals surface area contributed by atoms with Gasteiger partial charge in [-0.05, 0) is 49.6 Å². The molecule has 0 saturated carbocycles. The van der Waals surface area contributed by atoms with E-state index in [1.807, 2.05) is 13.0 Å². The summed E-state index contributed by atoms with van der Waals surface area (Å²) in [4.78, 5) is 13.7. The fourth-order valence-corrected chi connectivity index (χ4v) is 5.80. The summed E-state index contributed by atoms with van der Waals surface area (Å²) in [6, 6.07) is 5.56. The van der Waals surface area contributed by atoms with Gasteiger partial charge in [-0.25, -0.2) is 17.8 Å². The molecule has 180 valence electrons. The van der Waals surface area contributed by atoms with Gasteiger partial charge in [0.1, 0.15) is 11.6 Å². The highest BCUT2D eigenvalue weighted by Gasteiger charge is 2.30. The summed E-state index contributed by atoms with van der Waals surface area (Å²) >= 11 is 0. The average molecular weight is 488 g/mol. The van der Waals surface area contributed by atoms with Crippen molar-refractivity contribution in [3.05, 3.63) is 35.8 Å². The molecule has 11 nitrogen and oxygen atoms in total. The molecule has 5 rings (SSSR count). The minimum absolute atomic E-state index is 0.00279. The maximum Gasteiger partial charge on any atom is 0.243 e. The van der Waals surface area contributed by atoms with Crippen LogP contribution in [0.25, 0.3) is 11.4 Å². The van der Waals surface area contributed by atoms with Crippen molar-refractivity contribution in [2.24, 2.45) is 0 Å². The van der Waals surface area contributed by atoms with Crippen LogP contribution in [0.2, 0.25) is 0 Å². The lowest BCUT2D eigenvalue weighted by Gasteiger charge is -2.35. The van der Waals surface area contributed by atoms with Gasteiger partial charge in [-0.2, -0.15) is 14.5 Å². The molecule has 2 aromatic heterocycles.